The Hall–Kier alpha value is -0.610. The Morgan fingerprint density at radius 1 is 1.12 bits per heavy atom. The first kappa shape index (κ1) is 19.2. The summed E-state index contributed by atoms with van der Waals surface area (Å²) in [5, 5.41) is 3.32. The monoisotopic (exact) mass is 498 g/mol. The number of piperazine rings is 1. The van der Waals surface area contributed by atoms with Crippen molar-refractivity contribution >= 4 is 43.2 Å². The van der Waals surface area contributed by atoms with Gasteiger partial charge in [-0.05, 0) is 55.6 Å². The van der Waals surface area contributed by atoms with Crippen LogP contribution in [0, 0.1) is 0 Å². The third-order valence-corrected chi connectivity index (χ3v) is 7.19. The van der Waals surface area contributed by atoms with Crippen LogP contribution in [0.3, 0.4) is 0 Å². The van der Waals surface area contributed by atoms with E-state index in [0.717, 1.165) is 44.9 Å². The second-order valence-corrected chi connectivity index (χ2v) is 8.83. The summed E-state index contributed by atoms with van der Waals surface area (Å²) < 4.78 is 43.0. The number of alkyl halides is 3. The summed E-state index contributed by atoms with van der Waals surface area (Å²) in [5.74, 6) is -0.205. The van der Waals surface area contributed by atoms with Gasteiger partial charge < -0.3 is 10.1 Å². The quantitative estimate of drug-likeness (QED) is 0.628. The minimum Gasteiger partial charge on any atom is -0.406 e. The van der Waals surface area contributed by atoms with Crippen LogP contribution >= 0.6 is 43.2 Å². The maximum absolute atomic E-state index is 12.4. The lowest BCUT2D eigenvalue weighted by molar-refractivity contribution is -0.274. The molecule has 0 unspecified atom stereocenters. The molecule has 1 fully saturated rings. The van der Waals surface area contributed by atoms with Crippen molar-refractivity contribution in [3.05, 3.63) is 49.0 Å². The molecule has 3 nitrogen and oxygen atoms in total. The molecule has 1 aliphatic rings. The Labute approximate surface area is 164 Å². The minimum absolute atomic E-state index is 0.00497. The molecule has 0 spiro atoms. The minimum atomic E-state index is -4.68. The van der Waals surface area contributed by atoms with Crippen molar-refractivity contribution in [2.75, 3.05) is 26.2 Å². The predicted molar refractivity (Wildman–Crippen MR) is 99.1 cm³/mol. The first-order valence-electron chi connectivity index (χ1n) is 7.59. The lowest BCUT2D eigenvalue weighted by Gasteiger charge is -2.34. The number of rotatable bonds is 4. The third-order valence-electron chi connectivity index (χ3n) is 3.88. The van der Waals surface area contributed by atoms with Crippen molar-refractivity contribution < 1.29 is 17.9 Å². The molecule has 0 saturated carbocycles. The van der Waals surface area contributed by atoms with Crippen molar-refractivity contribution in [2.24, 2.45) is 0 Å². The van der Waals surface area contributed by atoms with Gasteiger partial charge in [0.05, 0.1) is 9.83 Å². The summed E-state index contributed by atoms with van der Waals surface area (Å²) in [5.41, 5.74) is 0.942. The molecule has 136 valence electrons. The van der Waals surface area contributed by atoms with Crippen LogP contribution in [0.4, 0.5) is 13.2 Å². The van der Waals surface area contributed by atoms with E-state index in [2.05, 4.69) is 52.9 Å². The van der Waals surface area contributed by atoms with Gasteiger partial charge >= 0.3 is 6.36 Å². The van der Waals surface area contributed by atoms with Crippen molar-refractivity contribution in [3.63, 3.8) is 0 Å². The summed E-state index contributed by atoms with van der Waals surface area (Å²) in [6.07, 6.45) is -4.68. The molecule has 1 N–H and O–H groups in total. The van der Waals surface area contributed by atoms with Gasteiger partial charge in [0.1, 0.15) is 5.75 Å². The predicted octanol–water partition coefficient (Wildman–Crippen LogP) is 5.17. The highest BCUT2D eigenvalue weighted by atomic mass is 79.9. The third kappa shape index (κ3) is 4.97. The summed E-state index contributed by atoms with van der Waals surface area (Å²) in [7, 11) is 0. The van der Waals surface area contributed by atoms with Crippen molar-refractivity contribution in [1.29, 1.82) is 0 Å². The number of ether oxygens (including phenoxy) is 1. The molecule has 1 aromatic heterocycles. The first-order valence-corrected chi connectivity index (χ1v) is 9.99. The lowest BCUT2D eigenvalue weighted by atomic mass is 10.0. The zero-order valence-corrected chi connectivity index (χ0v) is 16.9. The topological polar surface area (TPSA) is 24.5 Å². The fourth-order valence-electron chi connectivity index (χ4n) is 2.85. The summed E-state index contributed by atoms with van der Waals surface area (Å²) >= 11 is 8.66. The second kappa shape index (κ2) is 7.96. The fourth-order valence-corrected chi connectivity index (χ4v) is 5.10. The number of thiophene rings is 1. The van der Waals surface area contributed by atoms with Crippen molar-refractivity contribution in [1.82, 2.24) is 10.2 Å². The molecule has 9 heteroatoms. The van der Waals surface area contributed by atoms with E-state index >= 15 is 0 Å². The fraction of sp³-hybridized carbons (Fsp3) is 0.375. The van der Waals surface area contributed by atoms with Gasteiger partial charge in [0.25, 0.3) is 0 Å². The first-order chi connectivity index (χ1) is 11.8. The van der Waals surface area contributed by atoms with Gasteiger partial charge in [-0.25, -0.2) is 0 Å². The number of halogens is 5. The van der Waals surface area contributed by atoms with Gasteiger partial charge in [0.15, 0.2) is 0 Å². The van der Waals surface area contributed by atoms with Gasteiger partial charge in [-0.3, -0.25) is 4.90 Å². The summed E-state index contributed by atoms with van der Waals surface area (Å²) in [4.78, 5) is 3.46. The molecular formula is C16H15Br2F3N2OS. The Bertz CT molecular complexity index is 696. The van der Waals surface area contributed by atoms with E-state index in [1.54, 1.807) is 23.5 Å². The largest absolute Gasteiger partial charge is 0.573 e. The van der Waals surface area contributed by atoms with Gasteiger partial charge in [-0.15, -0.1) is 24.5 Å². The molecule has 1 aliphatic heterocycles. The van der Waals surface area contributed by atoms with Crippen LogP contribution in [0.15, 0.2) is 38.6 Å². The van der Waals surface area contributed by atoms with Gasteiger partial charge in [0.2, 0.25) is 0 Å². The van der Waals surface area contributed by atoms with Crippen LogP contribution in [0.2, 0.25) is 0 Å². The molecule has 0 bridgehead atoms. The number of benzene rings is 1. The van der Waals surface area contributed by atoms with E-state index < -0.39 is 6.36 Å². The molecule has 1 atom stereocenters. The van der Waals surface area contributed by atoms with Crippen molar-refractivity contribution in [2.45, 2.75) is 12.4 Å². The van der Waals surface area contributed by atoms with E-state index in [0.29, 0.717) is 0 Å². The van der Waals surface area contributed by atoms with Crippen LogP contribution in [0.5, 0.6) is 5.75 Å². The normalized spacial score (nSPS) is 17.5. The van der Waals surface area contributed by atoms with Crippen LogP contribution in [-0.2, 0) is 0 Å². The van der Waals surface area contributed by atoms with E-state index in [4.69, 9.17) is 0 Å². The SMILES string of the molecule is FC(F)(F)Oc1ccc([C@H](c2cc(Br)c(Br)s2)N2CCNCC2)cc1. The Kier molecular flexibility index (Phi) is 6.10. The van der Waals surface area contributed by atoms with E-state index in [9.17, 15) is 13.2 Å². The second-order valence-electron chi connectivity index (χ2n) is 5.58. The zero-order chi connectivity index (χ0) is 18.0. The molecule has 2 aromatic rings. The van der Waals surface area contributed by atoms with Crippen LogP contribution in [0.1, 0.15) is 16.5 Å². The molecule has 0 amide bonds. The lowest BCUT2D eigenvalue weighted by Crippen LogP contribution is -2.45. The number of nitrogens with zero attached hydrogens (tertiary/aromatic N) is 1. The highest BCUT2D eigenvalue weighted by Gasteiger charge is 2.31. The molecule has 1 saturated heterocycles. The van der Waals surface area contributed by atoms with E-state index in [1.807, 2.05) is 0 Å². The van der Waals surface area contributed by atoms with Gasteiger partial charge in [-0.1, -0.05) is 12.1 Å². The highest BCUT2D eigenvalue weighted by Crippen LogP contribution is 2.40. The number of hydrogen-bond donors (Lipinski definition) is 1. The Balaban J connectivity index is 1.91. The van der Waals surface area contributed by atoms with Crippen molar-refractivity contribution in [3.8, 4) is 5.75 Å². The van der Waals surface area contributed by atoms with Gasteiger partial charge in [-0.2, -0.15) is 0 Å². The molecule has 25 heavy (non-hydrogen) atoms. The number of hydrogen-bond acceptors (Lipinski definition) is 4. The van der Waals surface area contributed by atoms with Crippen LogP contribution < -0.4 is 10.1 Å². The molecular weight excluding hydrogens is 485 g/mol. The Morgan fingerprint density at radius 3 is 2.28 bits per heavy atom. The van der Waals surface area contributed by atoms with E-state index in [1.165, 1.54) is 12.1 Å². The maximum atomic E-state index is 12.4. The smallest absolute Gasteiger partial charge is 0.406 e. The zero-order valence-electron chi connectivity index (χ0n) is 12.9. The van der Waals surface area contributed by atoms with Gasteiger partial charge in [0, 0.05) is 35.5 Å². The molecule has 1 aromatic carbocycles. The average molecular weight is 500 g/mol. The van der Waals surface area contributed by atoms with Crippen LogP contribution in [0.25, 0.3) is 0 Å². The average Bonchev–Trinajstić information content (AvgIpc) is 2.88. The number of nitrogens with one attached hydrogen (secondary N) is 1. The summed E-state index contributed by atoms with van der Waals surface area (Å²) in [6.45, 7) is 3.52. The molecule has 3 rings (SSSR count). The highest BCUT2D eigenvalue weighted by molar-refractivity contribution is 9.13. The van der Waals surface area contributed by atoms with Crippen LogP contribution in [-0.4, -0.2) is 37.4 Å². The van der Waals surface area contributed by atoms with E-state index in [-0.39, 0.29) is 11.8 Å². The molecule has 0 aliphatic carbocycles. The Morgan fingerprint density at radius 2 is 1.76 bits per heavy atom. The summed E-state index contributed by atoms with van der Waals surface area (Å²) in [6, 6.07) is 8.20. The molecule has 0 radical (unpaired) electrons. The molecule has 2 heterocycles. The standard InChI is InChI=1S/C16H15Br2F3N2OS/c17-12-9-13(25-15(12)18)14(23-7-5-22-6-8-23)10-1-3-11(4-2-10)24-16(19,20)21/h1-4,9,14,22H,5-8H2/t14-/m1/s1. The maximum Gasteiger partial charge on any atom is 0.573 e.